The summed E-state index contributed by atoms with van der Waals surface area (Å²) >= 11 is 0. The van der Waals surface area contributed by atoms with Gasteiger partial charge >= 0.3 is 0 Å². The summed E-state index contributed by atoms with van der Waals surface area (Å²) in [4.78, 5) is 0. The van der Waals surface area contributed by atoms with Gasteiger partial charge < -0.3 is 9.88 Å². The maximum atomic E-state index is 12.8. The Morgan fingerprint density at radius 3 is 2.65 bits per heavy atom. The van der Waals surface area contributed by atoms with Crippen molar-refractivity contribution in [3.05, 3.63) is 59.7 Å². The summed E-state index contributed by atoms with van der Waals surface area (Å²) in [5, 5.41) is 3.31. The molecule has 2 rings (SSSR count). The molecule has 90 valence electrons. The van der Waals surface area contributed by atoms with E-state index in [9.17, 15) is 4.39 Å². The van der Waals surface area contributed by atoms with Crippen LogP contribution in [0.4, 0.5) is 4.39 Å². The summed E-state index contributed by atoms with van der Waals surface area (Å²) in [6, 6.07) is 10.8. The Balaban J connectivity index is 2.07. The number of aromatic nitrogens is 1. The molecule has 1 N–H and O–H groups in total. The van der Waals surface area contributed by atoms with Crippen LogP contribution in [0.1, 0.15) is 18.2 Å². The van der Waals surface area contributed by atoms with Crippen molar-refractivity contribution in [2.75, 3.05) is 6.54 Å². The van der Waals surface area contributed by atoms with Crippen molar-refractivity contribution in [2.45, 2.75) is 20.0 Å². The molecule has 1 heterocycles. The molecule has 0 fully saturated rings. The van der Waals surface area contributed by atoms with Crippen molar-refractivity contribution >= 4 is 0 Å². The molecular weight excluding hydrogens is 215 g/mol. The molecule has 0 spiro atoms. The van der Waals surface area contributed by atoms with Gasteiger partial charge in [0, 0.05) is 25.0 Å². The van der Waals surface area contributed by atoms with E-state index >= 15 is 0 Å². The van der Waals surface area contributed by atoms with Crippen LogP contribution in [-0.2, 0) is 13.1 Å². The second-order valence-corrected chi connectivity index (χ2v) is 4.03. The first-order chi connectivity index (χ1) is 8.29. The van der Waals surface area contributed by atoms with Gasteiger partial charge in [-0.2, -0.15) is 0 Å². The molecule has 3 heteroatoms. The largest absolute Gasteiger partial charge is 0.346 e. The van der Waals surface area contributed by atoms with Gasteiger partial charge in [0.1, 0.15) is 5.82 Å². The molecule has 0 atom stereocenters. The van der Waals surface area contributed by atoms with Gasteiger partial charge in [-0.15, -0.1) is 0 Å². The van der Waals surface area contributed by atoms with Crippen LogP contribution in [0.2, 0.25) is 0 Å². The summed E-state index contributed by atoms with van der Waals surface area (Å²) in [6.45, 7) is 4.70. The van der Waals surface area contributed by atoms with Crippen LogP contribution in [0.25, 0.3) is 0 Å². The zero-order chi connectivity index (χ0) is 12.1. The smallest absolute Gasteiger partial charge is 0.123 e. The zero-order valence-corrected chi connectivity index (χ0v) is 9.99. The summed E-state index contributed by atoms with van der Waals surface area (Å²) in [7, 11) is 0. The lowest BCUT2D eigenvalue weighted by molar-refractivity contribution is 0.624. The predicted octanol–water partition coefficient (Wildman–Crippen LogP) is 2.79. The average molecular weight is 232 g/mol. The fraction of sp³-hybridized carbons (Fsp3) is 0.286. The first-order valence-corrected chi connectivity index (χ1v) is 5.89. The second-order valence-electron chi connectivity index (χ2n) is 4.03. The van der Waals surface area contributed by atoms with Gasteiger partial charge in [-0.3, -0.25) is 0 Å². The van der Waals surface area contributed by atoms with Crippen LogP contribution in [-0.4, -0.2) is 11.1 Å². The summed E-state index contributed by atoms with van der Waals surface area (Å²) in [6.07, 6.45) is 2.05. The van der Waals surface area contributed by atoms with Gasteiger partial charge in [-0.05, 0) is 36.4 Å². The fourth-order valence-electron chi connectivity index (χ4n) is 1.80. The molecule has 1 aromatic carbocycles. The van der Waals surface area contributed by atoms with Crippen molar-refractivity contribution in [3.8, 4) is 0 Å². The molecule has 17 heavy (non-hydrogen) atoms. The third kappa shape index (κ3) is 3.17. The maximum absolute atomic E-state index is 12.8. The highest BCUT2D eigenvalue weighted by atomic mass is 19.1. The van der Waals surface area contributed by atoms with E-state index < -0.39 is 0 Å². The van der Waals surface area contributed by atoms with Gasteiger partial charge in [0.25, 0.3) is 0 Å². The Kier molecular flexibility index (Phi) is 3.94. The zero-order valence-electron chi connectivity index (χ0n) is 9.99. The minimum atomic E-state index is -0.186. The van der Waals surface area contributed by atoms with E-state index in [1.807, 2.05) is 18.2 Å². The van der Waals surface area contributed by atoms with E-state index in [0.29, 0.717) is 0 Å². The van der Waals surface area contributed by atoms with Crippen molar-refractivity contribution in [1.82, 2.24) is 9.88 Å². The molecule has 0 aliphatic rings. The Hall–Kier alpha value is -1.61. The average Bonchev–Trinajstić information content (AvgIpc) is 2.77. The molecule has 0 radical (unpaired) electrons. The number of nitrogens with one attached hydrogen (secondary N) is 1. The van der Waals surface area contributed by atoms with Crippen molar-refractivity contribution in [3.63, 3.8) is 0 Å². The monoisotopic (exact) mass is 232 g/mol. The van der Waals surface area contributed by atoms with E-state index in [-0.39, 0.29) is 5.82 Å². The van der Waals surface area contributed by atoms with Gasteiger partial charge in [0.15, 0.2) is 0 Å². The summed E-state index contributed by atoms with van der Waals surface area (Å²) < 4.78 is 15.0. The maximum Gasteiger partial charge on any atom is 0.123 e. The highest BCUT2D eigenvalue weighted by Crippen LogP contribution is 2.09. The van der Waals surface area contributed by atoms with Crippen LogP contribution < -0.4 is 5.32 Å². The van der Waals surface area contributed by atoms with E-state index in [2.05, 4.69) is 29.1 Å². The predicted molar refractivity (Wildman–Crippen MR) is 67.3 cm³/mol. The lowest BCUT2D eigenvalue weighted by Gasteiger charge is -2.09. The highest BCUT2D eigenvalue weighted by Gasteiger charge is 2.01. The number of halogens is 1. The van der Waals surface area contributed by atoms with Crippen LogP contribution in [0.5, 0.6) is 0 Å². The third-order valence-corrected chi connectivity index (χ3v) is 2.75. The Morgan fingerprint density at radius 2 is 1.94 bits per heavy atom. The third-order valence-electron chi connectivity index (χ3n) is 2.75. The van der Waals surface area contributed by atoms with Gasteiger partial charge in [0.05, 0.1) is 0 Å². The van der Waals surface area contributed by atoms with Crippen molar-refractivity contribution < 1.29 is 4.39 Å². The van der Waals surface area contributed by atoms with Gasteiger partial charge in [0.2, 0.25) is 0 Å². The minimum absolute atomic E-state index is 0.186. The minimum Gasteiger partial charge on any atom is -0.346 e. The van der Waals surface area contributed by atoms with Gasteiger partial charge in [-0.1, -0.05) is 19.1 Å². The number of nitrogens with zero attached hydrogens (tertiary/aromatic N) is 1. The van der Waals surface area contributed by atoms with Gasteiger partial charge in [-0.25, -0.2) is 4.39 Å². The van der Waals surface area contributed by atoms with Crippen LogP contribution in [0.3, 0.4) is 0 Å². The molecule has 2 aromatic rings. The van der Waals surface area contributed by atoms with Crippen LogP contribution in [0, 0.1) is 5.82 Å². The SMILES string of the molecule is CCNCc1cccn1Cc1ccc(F)cc1. The molecule has 0 aliphatic carbocycles. The van der Waals surface area contributed by atoms with Crippen LogP contribution in [0.15, 0.2) is 42.6 Å². The standard InChI is InChI=1S/C14H17FN2/c1-2-16-10-14-4-3-9-17(14)11-12-5-7-13(15)8-6-12/h3-9,16H,2,10-11H2,1H3. The Bertz CT molecular complexity index is 459. The number of hydrogen-bond acceptors (Lipinski definition) is 1. The van der Waals surface area contributed by atoms with E-state index in [4.69, 9.17) is 0 Å². The number of hydrogen-bond donors (Lipinski definition) is 1. The second kappa shape index (κ2) is 5.64. The Morgan fingerprint density at radius 1 is 1.18 bits per heavy atom. The summed E-state index contributed by atoms with van der Waals surface area (Å²) in [5.74, 6) is -0.186. The molecule has 1 aromatic heterocycles. The molecule has 0 bridgehead atoms. The first-order valence-electron chi connectivity index (χ1n) is 5.89. The molecule has 0 unspecified atom stereocenters. The molecule has 2 nitrogen and oxygen atoms in total. The first kappa shape index (κ1) is 11.9. The topological polar surface area (TPSA) is 17.0 Å². The molecule has 0 aliphatic heterocycles. The highest BCUT2D eigenvalue weighted by molar-refractivity contribution is 5.18. The quantitative estimate of drug-likeness (QED) is 0.838. The number of rotatable bonds is 5. The lowest BCUT2D eigenvalue weighted by Crippen LogP contribution is -2.15. The normalized spacial score (nSPS) is 10.7. The molecule has 0 saturated heterocycles. The fourth-order valence-corrected chi connectivity index (χ4v) is 1.80. The van der Waals surface area contributed by atoms with E-state index in [0.717, 1.165) is 25.2 Å². The molecule has 0 saturated carbocycles. The number of benzene rings is 1. The lowest BCUT2D eigenvalue weighted by atomic mass is 10.2. The van der Waals surface area contributed by atoms with E-state index in [1.54, 1.807) is 0 Å². The van der Waals surface area contributed by atoms with Crippen molar-refractivity contribution in [1.29, 1.82) is 0 Å². The Labute approximate surface area is 101 Å². The molecule has 0 amide bonds. The van der Waals surface area contributed by atoms with E-state index in [1.165, 1.54) is 17.8 Å². The molecular formula is C14H17FN2. The van der Waals surface area contributed by atoms with Crippen molar-refractivity contribution in [2.24, 2.45) is 0 Å². The summed E-state index contributed by atoms with van der Waals surface area (Å²) in [5.41, 5.74) is 2.36. The van der Waals surface area contributed by atoms with Crippen LogP contribution >= 0.6 is 0 Å².